The van der Waals surface area contributed by atoms with E-state index in [1.807, 2.05) is 26.0 Å². The number of amides is 1. The second-order valence-corrected chi connectivity index (χ2v) is 7.35. The van der Waals surface area contributed by atoms with Gasteiger partial charge in [-0.05, 0) is 50.2 Å². The van der Waals surface area contributed by atoms with Gasteiger partial charge in [0.15, 0.2) is 0 Å². The fourth-order valence-electron chi connectivity index (χ4n) is 3.69. The van der Waals surface area contributed by atoms with Gasteiger partial charge in [0.1, 0.15) is 17.3 Å². The van der Waals surface area contributed by atoms with Crippen molar-refractivity contribution < 1.29 is 18.3 Å². The number of hydrogen-bond donors (Lipinski definition) is 1. The average molecular weight is 412 g/mol. The molecule has 0 spiro atoms. The van der Waals surface area contributed by atoms with Gasteiger partial charge in [0.25, 0.3) is 5.91 Å². The predicted octanol–water partition coefficient (Wildman–Crippen LogP) is 3.02. The summed E-state index contributed by atoms with van der Waals surface area (Å²) in [7, 11) is 0. The molecule has 0 saturated carbocycles. The lowest BCUT2D eigenvalue weighted by molar-refractivity contribution is 0.0117. The number of hydrogen-bond acceptors (Lipinski definition) is 5. The van der Waals surface area contributed by atoms with Crippen LogP contribution in [0.2, 0.25) is 0 Å². The van der Waals surface area contributed by atoms with Gasteiger partial charge in [-0.3, -0.25) is 9.69 Å². The number of carbonyl (C=O) groups excluding carboxylic acids is 1. The Morgan fingerprint density at radius 1 is 1.17 bits per heavy atom. The molecule has 30 heavy (non-hydrogen) atoms. The van der Waals surface area contributed by atoms with E-state index in [0.29, 0.717) is 36.7 Å². The van der Waals surface area contributed by atoms with Crippen molar-refractivity contribution in [3.05, 3.63) is 71.2 Å². The zero-order chi connectivity index (χ0) is 21.1. The third-order valence-corrected chi connectivity index (χ3v) is 5.36. The number of nitrogens with one attached hydrogen (secondary N) is 1. The molecule has 1 unspecified atom stereocenters. The van der Waals surface area contributed by atoms with Gasteiger partial charge in [-0.25, -0.2) is 9.07 Å². The summed E-state index contributed by atoms with van der Waals surface area (Å²) in [6.07, 6.45) is 1.54. The van der Waals surface area contributed by atoms with Gasteiger partial charge in [0.05, 0.1) is 42.4 Å². The van der Waals surface area contributed by atoms with Crippen molar-refractivity contribution in [2.24, 2.45) is 0 Å². The summed E-state index contributed by atoms with van der Waals surface area (Å²) in [6, 6.07) is 9.82. The van der Waals surface area contributed by atoms with Crippen LogP contribution in [0.4, 0.5) is 4.39 Å². The molecule has 8 heteroatoms. The maximum absolute atomic E-state index is 13.2. The van der Waals surface area contributed by atoms with Crippen LogP contribution in [-0.2, 0) is 4.74 Å². The van der Waals surface area contributed by atoms with E-state index in [2.05, 4.69) is 15.3 Å². The number of halogens is 1. The molecule has 3 aromatic rings. The molecule has 4 rings (SSSR count). The van der Waals surface area contributed by atoms with E-state index in [1.165, 1.54) is 18.3 Å². The Kier molecular flexibility index (Phi) is 5.96. The molecule has 1 aliphatic rings. The van der Waals surface area contributed by atoms with E-state index in [0.717, 1.165) is 24.6 Å². The Bertz CT molecular complexity index is 1010. The van der Waals surface area contributed by atoms with Crippen LogP contribution in [-0.4, -0.2) is 53.4 Å². The van der Waals surface area contributed by atoms with Crippen molar-refractivity contribution in [1.29, 1.82) is 0 Å². The third kappa shape index (κ3) is 4.29. The highest BCUT2D eigenvalue weighted by atomic mass is 19.1. The van der Waals surface area contributed by atoms with Gasteiger partial charge in [-0.2, -0.15) is 5.10 Å². The van der Waals surface area contributed by atoms with Crippen LogP contribution in [0.3, 0.4) is 0 Å². The first-order valence-corrected chi connectivity index (χ1v) is 10.00. The van der Waals surface area contributed by atoms with Gasteiger partial charge in [0, 0.05) is 19.6 Å². The first-order chi connectivity index (χ1) is 14.5. The third-order valence-electron chi connectivity index (χ3n) is 5.36. The molecule has 1 saturated heterocycles. The Morgan fingerprint density at radius 2 is 1.90 bits per heavy atom. The molecular formula is C22H25FN4O3. The van der Waals surface area contributed by atoms with Crippen molar-refractivity contribution in [1.82, 2.24) is 20.0 Å². The molecule has 1 N–H and O–H groups in total. The number of aryl methyl sites for hydroxylation is 1. The summed E-state index contributed by atoms with van der Waals surface area (Å²) in [5.41, 5.74) is 1.87. The Hall–Kier alpha value is -2.97. The minimum Gasteiger partial charge on any atom is -0.465 e. The number of aromatic nitrogens is 2. The second-order valence-electron chi connectivity index (χ2n) is 7.35. The highest BCUT2D eigenvalue weighted by molar-refractivity contribution is 5.95. The number of benzene rings is 1. The number of rotatable bonds is 6. The number of nitrogens with zero attached hydrogens (tertiary/aromatic N) is 3. The summed E-state index contributed by atoms with van der Waals surface area (Å²) in [6.45, 7) is 7.02. The van der Waals surface area contributed by atoms with E-state index in [4.69, 9.17) is 9.15 Å². The van der Waals surface area contributed by atoms with Crippen molar-refractivity contribution in [2.75, 3.05) is 32.8 Å². The summed E-state index contributed by atoms with van der Waals surface area (Å²) < 4.78 is 26.1. The summed E-state index contributed by atoms with van der Waals surface area (Å²) in [5.74, 6) is 1.14. The molecule has 1 fully saturated rings. The molecule has 3 heterocycles. The molecular weight excluding hydrogens is 387 g/mol. The maximum Gasteiger partial charge on any atom is 0.254 e. The number of carbonyl (C=O) groups is 1. The molecule has 1 aliphatic heterocycles. The molecule has 2 aromatic heterocycles. The van der Waals surface area contributed by atoms with Crippen molar-refractivity contribution in [3.63, 3.8) is 0 Å². The molecule has 0 bridgehead atoms. The Morgan fingerprint density at radius 3 is 2.57 bits per heavy atom. The van der Waals surface area contributed by atoms with E-state index >= 15 is 0 Å². The van der Waals surface area contributed by atoms with Crippen LogP contribution in [0.15, 0.2) is 47.0 Å². The smallest absolute Gasteiger partial charge is 0.254 e. The quantitative estimate of drug-likeness (QED) is 0.674. The van der Waals surface area contributed by atoms with Crippen LogP contribution >= 0.6 is 0 Å². The number of morpholine rings is 1. The normalized spacial score (nSPS) is 15.8. The Balaban J connectivity index is 1.49. The fourth-order valence-corrected chi connectivity index (χ4v) is 3.69. The largest absolute Gasteiger partial charge is 0.465 e. The van der Waals surface area contributed by atoms with Crippen LogP contribution in [0.25, 0.3) is 5.69 Å². The standard InChI is InChI=1S/C22H25FN4O3/c1-15-3-8-21(30-15)20(26-9-11-29-12-10-26)14-24-22(28)19-13-25-27(16(19)2)18-6-4-17(23)5-7-18/h3-8,13,20H,9-12,14H2,1-2H3,(H,24,28). The lowest BCUT2D eigenvalue weighted by Gasteiger charge is -2.33. The fraction of sp³-hybridized carbons (Fsp3) is 0.364. The van der Waals surface area contributed by atoms with Gasteiger partial charge in [0.2, 0.25) is 0 Å². The molecule has 0 radical (unpaired) electrons. The van der Waals surface area contributed by atoms with Gasteiger partial charge >= 0.3 is 0 Å². The monoisotopic (exact) mass is 412 g/mol. The van der Waals surface area contributed by atoms with Crippen LogP contribution < -0.4 is 5.32 Å². The predicted molar refractivity (Wildman–Crippen MR) is 109 cm³/mol. The molecule has 0 aliphatic carbocycles. The van der Waals surface area contributed by atoms with Crippen molar-refractivity contribution in [2.45, 2.75) is 19.9 Å². The topological polar surface area (TPSA) is 72.5 Å². The lowest BCUT2D eigenvalue weighted by atomic mass is 10.1. The van der Waals surface area contributed by atoms with Crippen molar-refractivity contribution in [3.8, 4) is 5.69 Å². The van der Waals surface area contributed by atoms with Crippen LogP contribution in [0, 0.1) is 19.7 Å². The molecule has 1 amide bonds. The second kappa shape index (κ2) is 8.81. The summed E-state index contributed by atoms with van der Waals surface area (Å²) >= 11 is 0. The first-order valence-electron chi connectivity index (χ1n) is 10.00. The highest BCUT2D eigenvalue weighted by Crippen LogP contribution is 2.24. The van der Waals surface area contributed by atoms with E-state index in [1.54, 1.807) is 16.8 Å². The maximum atomic E-state index is 13.2. The number of ether oxygens (including phenoxy) is 1. The van der Waals surface area contributed by atoms with Gasteiger partial charge in [-0.1, -0.05) is 0 Å². The van der Waals surface area contributed by atoms with Crippen LogP contribution in [0.1, 0.15) is 33.6 Å². The van der Waals surface area contributed by atoms with Crippen LogP contribution in [0.5, 0.6) is 0 Å². The van der Waals surface area contributed by atoms with Gasteiger partial charge < -0.3 is 14.5 Å². The molecule has 1 aromatic carbocycles. The zero-order valence-electron chi connectivity index (χ0n) is 17.1. The Labute approximate surface area is 174 Å². The SMILES string of the molecule is Cc1ccc(C(CNC(=O)c2cnn(-c3ccc(F)cc3)c2C)N2CCOCC2)o1. The zero-order valence-corrected chi connectivity index (χ0v) is 17.1. The summed E-state index contributed by atoms with van der Waals surface area (Å²) in [4.78, 5) is 15.2. The van der Waals surface area contributed by atoms with Crippen molar-refractivity contribution >= 4 is 5.91 Å². The van der Waals surface area contributed by atoms with E-state index in [-0.39, 0.29) is 17.8 Å². The lowest BCUT2D eigenvalue weighted by Crippen LogP contribution is -2.43. The molecule has 7 nitrogen and oxygen atoms in total. The molecule has 158 valence electrons. The first kappa shape index (κ1) is 20.3. The van der Waals surface area contributed by atoms with E-state index < -0.39 is 0 Å². The molecule has 1 atom stereocenters. The van der Waals surface area contributed by atoms with E-state index in [9.17, 15) is 9.18 Å². The minimum absolute atomic E-state index is 0.0704. The number of furan rings is 1. The average Bonchev–Trinajstić information content (AvgIpc) is 3.35. The van der Waals surface area contributed by atoms with Gasteiger partial charge in [-0.15, -0.1) is 0 Å². The summed E-state index contributed by atoms with van der Waals surface area (Å²) in [5, 5.41) is 7.33. The highest BCUT2D eigenvalue weighted by Gasteiger charge is 2.26. The minimum atomic E-state index is -0.316.